The van der Waals surface area contributed by atoms with Gasteiger partial charge in [0.15, 0.2) is 11.5 Å². The van der Waals surface area contributed by atoms with Crippen molar-refractivity contribution in [1.82, 2.24) is 14.7 Å². The maximum Gasteiger partial charge on any atom is 0.410 e. The van der Waals surface area contributed by atoms with Crippen LogP contribution in [0.25, 0.3) is 0 Å². The normalized spacial score (nSPS) is 18.0. The van der Waals surface area contributed by atoms with Crippen LogP contribution in [0.5, 0.6) is 11.5 Å². The van der Waals surface area contributed by atoms with Crippen molar-refractivity contribution in [3.8, 4) is 11.5 Å². The van der Waals surface area contributed by atoms with E-state index >= 15 is 0 Å². The van der Waals surface area contributed by atoms with E-state index in [1.54, 1.807) is 37.3 Å². The minimum atomic E-state index is -0.670. The van der Waals surface area contributed by atoms with Gasteiger partial charge in [-0.1, -0.05) is 30.3 Å². The average Bonchev–Trinajstić information content (AvgIpc) is 3.88. The van der Waals surface area contributed by atoms with E-state index in [0.717, 1.165) is 24.8 Å². The zero-order chi connectivity index (χ0) is 34.8. The molecule has 1 aliphatic heterocycles. The molecule has 0 radical (unpaired) electrons. The number of amides is 3. The van der Waals surface area contributed by atoms with Gasteiger partial charge in [-0.2, -0.15) is 0 Å². The maximum atomic E-state index is 14.2. The minimum absolute atomic E-state index is 0.112. The second kappa shape index (κ2) is 17.0. The number of hydrogen-bond acceptors (Lipinski definition) is 7. The smallest absolute Gasteiger partial charge is 0.410 e. The Bertz CT molecular complexity index is 1360. The number of methoxy groups -OCH3 is 2. The van der Waals surface area contributed by atoms with Crippen molar-refractivity contribution < 1.29 is 33.3 Å². The van der Waals surface area contributed by atoms with E-state index in [9.17, 15) is 14.4 Å². The summed E-state index contributed by atoms with van der Waals surface area (Å²) in [5.41, 5.74) is 0.828. The monoisotopic (exact) mass is 665 g/mol. The predicted molar refractivity (Wildman–Crippen MR) is 186 cm³/mol. The Morgan fingerprint density at radius 2 is 1.62 bits per heavy atom. The van der Waals surface area contributed by atoms with Crippen LogP contribution in [0, 0.1) is 0 Å². The van der Waals surface area contributed by atoms with Crippen molar-refractivity contribution in [2.24, 2.45) is 0 Å². The molecule has 2 fully saturated rings. The summed E-state index contributed by atoms with van der Waals surface area (Å²) < 4.78 is 22.5. The van der Waals surface area contributed by atoms with Crippen LogP contribution in [-0.4, -0.2) is 103 Å². The SMILES string of the molecule is COCCCOc1cc(C(=O)N(C(C)C)[C@@H]2CC[C@@H](CCN(C(=O)Cc3ccccc3)C3CC3)N(C(=O)OC(C)(C)C)C2)ccc1OC. The van der Waals surface area contributed by atoms with Gasteiger partial charge in [-0.25, -0.2) is 4.79 Å². The molecule has 10 nitrogen and oxygen atoms in total. The molecule has 0 unspecified atom stereocenters. The first-order chi connectivity index (χ1) is 22.9. The van der Waals surface area contributed by atoms with Crippen LogP contribution in [-0.2, 0) is 20.7 Å². The van der Waals surface area contributed by atoms with E-state index < -0.39 is 11.7 Å². The van der Waals surface area contributed by atoms with Gasteiger partial charge in [0.1, 0.15) is 5.60 Å². The fourth-order valence-corrected chi connectivity index (χ4v) is 6.42. The number of ether oxygens (including phenoxy) is 4. The summed E-state index contributed by atoms with van der Waals surface area (Å²) in [4.78, 5) is 47.0. The van der Waals surface area contributed by atoms with E-state index in [-0.39, 0.29) is 36.0 Å². The molecule has 0 spiro atoms. The number of carbonyl (C=O) groups excluding carboxylic acids is 3. The van der Waals surface area contributed by atoms with Gasteiger partial charge in [-0.05, 0) is 90.5 Å². The number of benzene rings is 2. The van der Waals surface area contributed by atoms with Crippen molar-refractivity contribution in [3.63, 3.8) is 0 Å². The van der Waals surface area contributed by atoms with E-state index in [4.69, 9.17) is 18.9 Å². The molecule has 4 rings (SSSR count). The van der Waals surface area contributed by atoms with Crippen LogP contribution in [0.4, 0.5) is 4.79 Å². The van der Waals surface area contributed by atoms with E-state index in [1.165, 1.54) is 0 Å². The molecule has 1 heterocycles. The molecule has 2 aromatic carbocycles. The van der Waals surface area contributed by atoms with E-state index in [2.05, 4.69) is 0 Å². The first-order valence-electron chi connectivity index (χ1n) is 17.4. The van der Waals surface area contributed by atoms with Gasteiger partial charge in [-0.3, -0.25) is 9.59 Å². The number of hydrogen-bond donors (Lipinski definition) is 0. The minimum Gasteiger partial charge on any atom is -0.493 e. The molecule has 0 aromatic heterocycles. The van der Waals surface area contributed by atoms with Crippen LogP contribution in [0.1, 0.15) is 89.1 Å². The van der Waals surface area contributed by atoms with Gasteiger partial charge in [0.05, 0.1) is 26.2 Å². The Kier molecular flexibility index (Phi) is 13.2. The standard InChI is InChI=1S/C38H55N3O7/c1-27(2)41(36(43)29-14-19-33(46-7)34(25-29)47-23-11-22-45-6)32-18-17-31(40(26-32)37(44)48-38(3,4)5)20-21-39(30-15-16-30)35(42)24-28-12-9-8-10-13-28/h8-10,12-14,19,25,27,30-32H,11,15-18,20-24,26H2,1-7H3/t31-,32+/m0/s1. The highest BCUT2D eigenvalue weighted by atomic mass is 16.6. The highest BCUT2D eigenvalue weighted by Gasteiger charge is 2.40. The molecule has 1 saturated carbocycles. The molecule has 2 aliphatic rings. The topological polar surface area (TPSA) is 97.9 Å². The first kappa shape index (κ1) is 37.0. The lowest BCUT2D eigenvalue weighted by Gasteiger charge is -2.45. The number of likely N-dealkylation sites (tertiary alicyclic amines) is 1. The molecule has 264 valence electrons. The lowest BCUT2D eigenvalue weighted by Crippen LogP contribution is -2.58. The molecular weight excluding hydrogens is 610 g/mol. The summed E-state index contributed by atoms with van der Waals surface area (Å²) in [5.74, 6) is 1.05. The third kappa shape index (κ3) is 10.4. The predicted octanol–water partition coefficient (Wildman–Crippen LogP) is 6.35. The highest BCUT2D eigenvalue weighted by Crippen LogP contribution is 2.33. The zero-order valence-corrected chi connectivity index (χ0v) is 29.9. The van der Waals surface area contributed by atoms with Crippen LogP contribution < -0.4 is 9.47 Å². The fourth-order valence-electron chi connectivity index (χ4n) is 6.42. The Balaban J connectivity index is 1.50. The molecular formula is C38H55N3O7. The van der Waals surface area contributed by atoms with Gasteiger partial charge in [0, 0.05) is 56.9 Å². The average molecular weight is 666 g/mol. The number of nitrogens with zero attached hydrogens (tertiary/aromatic N) is 3. The molecule has 2 aromatic rings. The van der Waals surface area contributed by atoms with Crippen molar-refractivity contribution in [2.45, 2.75) is 109 Å². The van der Waals surface area contributed by atoms with E-state index in [1.807, 2.05) is 74.8 Å². The number of piperidine rings is 1. The first-order valence-corrected chi connectivity index (χ1v) is 17.4. The summed E-state index contributed by atoms with van der Waals surface area (Å²) in [5, 5.41) is 0. The van der Waals surface area contributed by atoms with Gasteiger partial charge in [-0.15, -0.1) is 0 Å². The molecule has 1 saturated heterocycles. The largest absolute Gasteiger partial charge is 0.493 e. The lowest BCUT2D eigenvalue weighted by atomic mass is 9.93. The molecule has 3 amide bonds. The van der Waals surface area contributed by atoms with Crippen molar-refractivity contribution in [1.29, 1.82) is 0 Å². The van der Waals surface area contributed by atoms with Crippen molar-refractivity contribution in [2.75, 3.05) is 40.5 Å². The quantitative estimate of drug-likeness (QED) is 0.205. The number of carbonyl (C=O) groups is 3. The summed E-state index contributed by atoms with van der Waals surface area (Å²) in [6.07, 6.45) is 4.79. The Labute approximate surface area is 286 Å². The summed E-state index contributed by atoms with van der Waals surface area (Å²) in [6, 6.07) is 14.9. The Morgan fingerprint density at radius 1 is 0.917 bits per heavy atom. The van der Waals surface area contributed by atoms with E-state index in [0.29, 0.717) is 69.0 Å². The Morgan fingerprint density at radius 3 is 2.25 bits per heavy atom. The lowest BCUT2D eigenvalue weighted by molar-refractivity contribution is -0.131. The summed E-state index contributed by atoms with van der Waals surface area (Å²) in [6.45, 7) is 11.5. The van der Waals surface area contributed by atoms with Gasteiger partial charge in [0.2, 0.25) is 5.91 Å². The molecule has 10 heteroatoms. The third-order valence-corrected chi connectivity index (χ3v) is 8.86. The highest BCUT2D eigenvalue weighted by molar-refractivity contribution is 5.95. The molecule has 0 N–H and O–H groups in total. The summed E-state index contributed by atoms with van der Waals surface area (Å²) >= 11 is 0. The second-order valence-corrected chi connectivity index (χ2v) is 14.2. The zero-order valence-electron chi connectivity index (χ0n) is 29.9. The summed E-state index contributed by atoms with van der Waals surface area (Å²) in [7, 11) is 3.22. The molecule has 0 bridgehead atoms. The van der Waals surface area contributed by atoms with Gasteiger partial charge in [0.25, 0.3) is 5.91 Å². The third-order valence-electron chi connectivity index (χ3n) is 8.86. The van der Waals surface area contributed by atoms with Gasteiger partial charge >= 0.3 is 6.09 Å². The van der Waals surface area contributed by atoms with Gasteiger partial charge < -0.3 is 33.6 Å². The van der Waals surface area contributed by atoms with Crippen LogP contribution >= 0.6 is 0 Å². The van der Waals surface area contributed by atoms with Crippen LogP contribution in [0.3, 0.4) is 0 Å². The number of rotatable bonds is 15. The second-order valence-electron chi connectivity index (χ2n) is 14.2. The van der Waals surface area contributed by atoms with Crippen molar-refractivity contribution >= 4 is 17.9 Å². The molecule has 2 atom stereocenters. The maximum absolute atomic E-state index is 14.2. The van der Waals surface area contributed by atoms with Crippen LogP contribution in [0.15, 0.2) is 48.5 Å². The molecule has 1 aliphatic carbocycles. The van der Waals surface area contributed by atoms with Crippen molar-refractivity contribution in [3.05, 3.63) is 59.7 Å². The fraction of sp³-hybridized carbons (Fsp3) is 0.605. The van der Waals surface area contributed by atoms with Crippen LogP contribution in [0.2, 0.25) is 0 Å². The molecule has 48 heavy (non-hydrogen) atoms. The Hall–Kier alpha value is -3.79.